The van der Waals surface area contributed by atoms with E-state index in [1.807, 2.05) is 0 Å². The van der Waals surface area contributed by atoms with Crippen LogP contribution in [0.3, 0.4) is 0 Å². The normalized spacial score (nSPS) is 24.7. The Hall–Kier alpha value is -0.870. The lowest BCUT2D eigenvalue weighted by Gasteiger charge is -2.11. The first-order valence-electron chi connectivity index (χ1n) is 6.88. The van der Waals surface area contributed by atoms with E-state index in [0.29, 0.717) is 12.0 Å². The number of carboxylic acids is 1. The second-order valence-corrected chi connectivity index (χ2v) is 5.16. The Morgan fingerprint density at radius 3 is 2.11 bits per heavy atom. The number of epoxide rings is 2. The zero-order chi connectivity index (χ0) is 13.0. The van der Waals surface area contributed by atoms with E-state index in [2.05, 4.69) is 6.92 Å². The molecule has 2 heterocycles. The molecule has 2 rings (SSSR count). The number of hydrogen-bond donors (Lipinski definition) is 1. The summed E-state index contributed by atoms with van der Waals surface area (Å²) in [6.07, 6.45) is 5.88. The van der Waals surface area contributed by atoms with Crippen LogP contribution in [0.2, 0.25) is 0 Å². The highest BCUT2D eigenvalue weighted by molar-refractivity contribution is 5.87. The quantitative estimate of drug-likeness (QED) is 0.390. The highest BCUT2D eigenvalue weighted by atomic mass is 16.6. The highest BCUT2D eigenvalue weighted by Crippen LogP contribution is 2.30. The Kier molecular flexibility index (Phi) is 4.78. The Labute approximate surface area is 108 Å². The van der Waals surface area contributed by atoms with Gasteiger partial charge in [-0.1, -0.05) is 25.3 Å². The maximum atomic E-state index is 11.4. The average Bonchev–Trinajstić information content (AvgIpc) is 3.18. The molecule has 2 saturated heterocycles. The van der Waals surface area contributed by atoms with Crippen LogP contribution in [-0.4, -0.2) is 36.5 Å². The van der Waals surface area contributed by atoms with Crippen molar-refractivity contribution in [2.45, 2.75) is 57.7 Å². The molecular formula is C14H22O4. The molecule has 0 aromatic rings. The van der Waals surface area contributed by atoms with E-state index in [1.165, 1.54) is 0 Å². The minimum absolute atomic E-state index is 0.249. The summed E-state index contributed by atoms with van der Waals surface area (Å²) < 4.78 is 10.5. The lowest BCUT2D eigenvalue weighted by Crippen LogP contribution is -2.09. The molecule has 18 heavy (non-hydrogen) atoms. The van der Waals surface area contributed by atoms with Gasteiger partial charge in [0.1, 0.15) is 0 Å². The van der Waals surface area contributed by atoms with Crippen LogP contribution in [-0.2, 0) is 14.3 Å². The molecule has 0 aliphatic carbocycles. The van der Waals surface area contributed by atoms with Gasteiger partial charge in [0.15, 0.2) is 0 Å². The van der Waals surface area contributed by atoms with Gasteiger partial charge in [-0.25, -0.2) is 4.79 Å². The summed E-state index contributed by atoms with van der Waals surface area (Å²) in [6.45, 7) is 3.68. The molecule has 0 radical (unpaired) electrons. The van der Waals surface area contributed by atoms with Crippen molar-refractivity contribution >= 4 is 5.97 Å². The minimum Gasteiger partial charge on any atom is -0.478 e. The summed E-state index contributed by atoms with van der Waals surface area (Å²) in [4.78, 5) is 11.4. The molecule has 1 N–H and O–H groups in total. The summed E-state index contributed by atoms with van der Waals surface area (Å²) in [5, 5.41) is 9.37. The van der Waals surface area contributed by atoms with Crippen LogP contribution in [0.4, 0.5) is 0 Å². The van der Waals surface area contributed by atoms with Crippen LogP contribution < -0.4 is 0 Å². The molecule has 0 aromatic heterocycles. The van der Waals surface area contributed by atoms with Crippen LogP contribution in [0.15, 0.2) is 11.1 Å². The van der Waals surface area contributed by atoms with Crippen molar-refractivity contribution in [2.24, 2.45) is 0 Å². The monoisotopic (exact) mass is 254 g/mol. The number of aliphatic carboxylic acids is 1. The number of carboxylic acid groups (broad SMARTS) is 1. The van der Waals surface area contributed by atoms with Gasteiger partial charge in [0.2, 0.25) is 0 Å². The van der Waals surface area contributed by atoms with E-state index in [4.69, 9.17) is 9.47 Å². The summed E-state index contributed by atoms with van der Waals surface area (Å²) in [5.74, 6) is -0.762. The van der Waals surface area contributed by atoms with Gasteiger partial charge in [0, 0.05) is 5.57 Å². The van der Waals surface area contributed by atoms with E-state index in [1.54, 1.807) is 0 Å². The molecule has 0 saturated carbocycles. The average molecular weight is 254 g/mol. The molecule has 4 heteroatoms. The van der Waals surface area contributed by atoms with Gasteiger partial charge in [-0.15, -0.1) is 0 Å². The molecule has 0 spiro atoms. The number of carbonyl (C=O) groups is 1. The van der Waals surface area contributed by atoms with Crippen LogP contribution in [0, 0.1) is 0 Å². The predicted molar refractivity (Wildman–Crippen MR) is 67.5 cm³/mol. The van der Waals surface area contributed by atoms with E-state index >= 15 is 0 Å². The van der Waals surface area contributed by atoms with Crippen molar-refractivity contribution in [3.05, 3.63) is 11.1 Å². The van der Waals surface area contributed by atoms with Gasteiger partial charge < -0.3 is 14.6 Å². The van der Waals surface area contributed by atoms with Crippen LogP contribution in [0.25, 0.3) is 0 Å². The van der Waals surface area contributed by atoms with E-state index in [-0.39, 0.29) is 12.2 Å². The second-order valence-electron chi connectivity index (χ2n) is 5.16. The Balaban J connectivity index is 2.00. The molecule has 2 aliphatic rings. The lowest BCUT2D eigenvalue weighted by atomic mass is 9.95. The van der Waals surface area contributed by atoms with Gasteiger partial charge in [-0.3, -0.25) is 0 Å². The molecule has 2 aliphatic heterocycles. The van der Waals surface area contributed by atoms with Crippen molar-refractivity contribution < 1.29 is 19.4 Å². The van der Waals surface area contributed by atoms with Crippen molar-refractivity contribution in [1.29, 1.82) is 0 Å². The second kappa shape index (κ2) is 6.34. The van der Waals surface area contributed by atoms with Gasteiger partial charge >= 0.3 is 5.97 Å². The third kappa shape index (κ3) is 4.42. The molecule has 0 bridgehead atoms. The molecular weight excluding hydrogens is 232 g/mol. The first-order chi connectivity index (χ1) is 8.70. The zero-order valence-electron chi connectivity index (χ0n) is 11.0. The smallest absolute Gasteiger partial charge is 0.331 e. The van der Waals surface area contributed by atoms with E-state index < -0.39 is 5.97 Å². The summed E-state index contributed by atoms with van der Waals surface area (Å²) in [5.41, 5.74) is 1.65. The molecule has 2 fully saturated rings. The minimum atomic E-state index is -0.762. The summed E-state index contributed by atoms with van der Waals surface area (Å²) in [7, 11) is 0. The van der Waals surface area contributed by atoms with Crippen molar-refractivity contribution in [1.82, 2.24) is 0 Å². The SMILES string of the molecule is CCCCCC(C(=O)O)=C(CC1CO1)CC1CO1. The number of ether oxygens (including phenoxy) is 2. The van der Waals surface area contributed by atoms with Crippen LogP contribution >= 0.6 is 0 Å². The predicted octanol–water partition coefficient (Wildman–Crippen LogP) is 2.53. The van der Waals surface area contributed by atoms with Crippen molar-refractivity contribution in [2.75, 3.05) is 13.2 Å². The maximum absolute atomic E-state index is 11.4. The molecule has 0 amide bonds. The fourth-order valence-electron chi connectivity index (χ4n) is 2.24. The van der Waals surface area contributed by atoms with Gasteiger partial charge in [0.25, 0.3) is 0 Å². The molecule has 2 atom stereocenters. The third-order valence-electron chi connectivity index (χ3n) is 3.47. The van der Waals surface area contributed by atoms with Crippen molar-refractivity contribution in [3.63, 3.8) is 0 Å². The first-order valence-corrected chi connectivity index (χ1v) is 6.88. The van der Waals surface area contributed by atoms with E-state index in [9.17, 15) is 9.90 Å². The topological polar surface area (TPSA) is 62.4 Å². The van der Waals surface area contributed by atoms with Gasteiger partial charge in [-0.05, 0) is 25.7 Å². The van der Waals surface area contributed by atoms with E-state index in [0.717, 1.165) is 50.9 Å². The van der Waals surface area contributed by atoms with Crippen molar-refractivity contribution in [3.8, 4) is 0 Å². The highest BCUT2D eigenvalue weighted by Gasteiger charge is 2.31. The fraction of sp³-hybridized carbons (Fsp3) is 0.786. The Morgan fingerprint density at radius 2 is 1.72 bits per heavy atom. The summed E-state index contributed by atoms with van der Waals surface area (Å²) >= 11 is 0. The van der Waals surface area contributed by atoms with Crippen LogP contribution in [0.5, 0.6) is 0 Å². The van der Waals surface area contributed by atoms with Crippen LogP contribution in [0.1, 0.15) is 45.4 Å². The molecule has 2 unspecified atom stereocenters. The standard InChI is InChI=1S/C14H22O4/c1-2-3-4-5-13(14(15)16)10(6-11-8-17-11)7-12-9-18-12/h11-12H,2-9H2,1H3,(H,15,16). The number of rotatable bonds is 9. The number of hydrogen-bond acceptors (Lipinski definition) is 3. The Bertz CT molecular complexity index is 311. The third-order valence-corrected chi connectivity index (χ3v) is 3.47. The number of unbranched alkanes of at least 4 members (excludes halogenated alkanes) is 2. The fourth-order valence-corrected chi connectivity index (χ4v) is 2.24. The molecule has 102 valence electrons. The summed E-state index contributed by atoms with van der Waals surface area (Å²) in [6, 6.07) is 0. The Morgan fingerprint density at radius 1 is 1.17 bits per heavy atom. The molecule has 0 aromatic carbocycles. The maximum Gasteiger partial charge on any atom is 0.331 e. The van der Waals surface area contributed by atoms with Gasteiger partial charge in [-0.2, -0.15) is 0 Å². The zero-order valence-corrected chi connectivity index (χ0v) is 11.0. The first kappa shape index (κ1) is 13.6. The molecule has 4 nitrogen and oxygen atoms in total. The lowest BCUT2D eigenvalue weighted by molar-refractivity contribution is -0.132. The van der Waals surface area contributed by atoms with Gasteiger partial charge in [0.05, 0.1) is 25.4 Å². The largest absolute Gasteiger partial charge is 0.478 e.